The lowest BCUT2D eigenvalue weighted by Gasteiger charge is -2.09. The van der Waals surface area contributed by atoms with E-state index in [9.17, 15) is 0 Å². The van der Waals surface area contributed by atoms with Crippen molar-refractivity contribution in [3.05, 3.63) is 39.5 Å². The van der Waals surface area contributed by atoms with Crippen molar-refractivity contribution in [2.24, 2.45) is 0 Å². The quantitative estimate of drug-likeness (QED) is 0.900. The van der Waals surface area contributed by atoms with Gasteiger partial charge in [0.1, 0.15) is 5.75 Å². The van der Waals surface area contributed by atoms with Crippen LogP contribution in [-0.4, -0.2) is 17.0 Å². The van der Waals surface area contributed by atoms with Gasteiger partial charge in [-0.25, -0.2) is 4.98 Å². The maximum Gasteiger partial charge on any atom is 0.238 e. The molecule has 0 spiro atoms. The number of aryl methyl sites for hydroxylation is 1. The van der Waals surface area contributed by atoms with Gasteiger partial charge in [-0.1, -0.05) is 18.5 Å². The predicted molar refractivity (Wildman–Crippen MR) is 80.2 cm³/mol. The lowest BCUT2D eigenvalue weighted by Crippen LogP contribution is -1.98. The van der Waals surface area contributed by atoms with Crippen molar-refractivity contribution in [2.75, 3.05) is 12.4 Å². The Morgan fingerprint density at radius 1 is 1.42 bits per heavy atom. The van der Waals surface area contributed by atoms with Gasteiger partial charge in [0.15, 0.2) is 0 Å². The van der Waals surface area contributed by atoms with E-state index in [1.54, 1.807) is 13.2 Å². The lowest BCUT2D eigenvalue weighted by atomic mass is 10.1. The third kappa shape index (κ3) is 3.36. The standard InChI is InChI=1S/C13H13BrClN3O/c1-3-8-6-9(4-5-11(8)15)19-12-10(14)7-17-13(16-2)18-12/h4-7H,3H2,1-2H3,(H,16,17,18). The smallest absolute Gasteiger partial charge is 0.238 e. The van der Waals surface area contributed by atoms with E-state index in [-0.39, 0.29) is 0 Å². The van der Waals surface area contributed by atoms with Crippen LogP contribution in [0.4, 0.5) is 5.95 Å². The van der Waals surface area contributed by atoms with Gasteiger partial charge in [-0.15, -0.1) is 0 Å². The number of benzene rings is 1. The highest BCUT2D eigenvalue weighted by Gasteiger charge is 2.08. The predicted octanol–water partition coefficient (Wildman–Crippen LogP) is 4.29. The highest BCUT2D eigenvalue weighted by molar-refractivity contribution is 9.10. The average Bonchev–Trinajstić information content (AvgIpc) is 2.43. The summed E-state index contributed by atoms with van der Waals surface area (Å²) in [6.45, 7) is 2.05. The maximum atomic E-state index is 6.08. The fraction of sp³-hybridized carbons (Fsp3) is 0.231. The van der Waals surface area contributed by atoms with Crippen LogP contribution in [0.5, 0.6) is 11.6 Å². The van der Waals surface area contributed by atoms with Crippen molar-refractivity contribution in [3.8, 4) is 11.6 Å². The summed E-state index contributed by atoms with van der Waals surface area (Å²) in [4.78, 5) is 8.32. The second-order valence-corrected chi connectivity index (χ2v) is 5.07. The molecule has 1 aromatic heterocycles. The second kappa shape index (κ2) is 6.21. The molecule has 4 nitrogen and oxygen atoms in total. The minimum absolute atomic E-state index is 0.462. The van der Waals surface area contributed by atoms with Crippen LogP contribution in [0.3, 0.4) is 0 Å². The van der Waals surface area contributed by atoms with Crippen LogP contribution in [0.1, 0.15) is 12.5 Å². The third-order valence-electron chi connectivity index (χ3n) is 2.55. The molecule has 19 heavy (non-hydrogen) atoms. The Bertz CT molecular complexity index is 592. The zero-order valence-electron chi connectivity index (χ0n) is 10.6. The highest BCUT2D eigenvalue weighted by Crippen LogP contribution is 2.30. The Labute approximate surface area is 125 Å². The second-order valence-electron chi connectivity index (χ2n) is 3.81. The first-order valence-electron chi connectivity index (χ1n) is 5.80. The van der Waals surface area contributed by atoms with E-state index in [2.05, 4.69) is 31.2 Å². The molecule has 0 saturated heterocycles. The summed E-state index contributed by atoms with van der Waals surface area (Å²) in [6.07, 6.45) is 2.49. The number of nitrogens with zero attached hydrogens (tertiary/aromatic N) is 2. The van der Waals surface area contributed by atoms with Gasteiger partial charge in [0.2, 0.25) is 11.8 Å². The first kappa shape index (κ1) is 14.1. The summed E-state index contributed by atoms with van der Waals surface area (Å²) >= 11 is 9.44. The molecule has 1 aromatic carbocycles. The zero-order valence-corrected chi connectivity index (χ0v) is 12.9. The Morgan fingerprint density at radius 2 is 2.21 bits per heavy atom. The molecule has 0 unspecified atom stereocenters. The van der Waals surface area contributed by atoms with Crippen LogP contribution < -0.4 is 10.1 Å². The number of rotatable bonds is 4. The topological polar surface area (TPSA) is 47.0 Å². The molecule has 2 aromatic rings. The van der Waals surface area contributed by atoms with Gasteiger partial charge in [-0.2, -0.15) is 4.98 Å². The molecule has 2 rings (SSSR count). The van der Waals surface area contributed by atoms with Gasteiger partial charge in [0, 0.05) is 12.1 Å². The van der Waals surface area contributed by atoms with Crippen LogP contribution >= 0.6 is 27.5 Å². The summed E-state index contributed by atoms with van der Waals surface area (Å²) in [5.41, 5.74) is 1.04. The molecule has 6 heteroatoms. The van der Waals surface area contributed by atoms with Gasteiger partial charge in [-0.3, -0.25) is 0 Å². The Hall–Kier alpha value is -1.33. The minimum Gasteiger partial charge on any atom is -0.438 e. The molecule has 0 aliphatic carbocycles. The van der Waals surface area contributed by atoms with Crippen molar-refractivity contribution in [1.29, 1.82) is 0 Å². The number of halogens is 2. The molecule has 0 aliphatic heterocycles. The number of hydrogen-bond acceptors (Lipinski definition) is 4. The van der Waals surface area contributed by atoms with E-state index in [1.807, 2.05) is 25.1 Å². The molecular weight excluding hydrogens is 330 g/mol. The normalized spacial score (nSPS) is 10.3. The molecule has 0 fully saturated rings. The zero-order chi connectivity index (χ0) is 13.8. The van der Waals surface area contributed by atoms with E-state index >= 15 is 0 Å². The molecule has 0 atom stereocenters. The summed E-state index contributed by atoms with van der Waals surface area (Å²) in [6, 6.07) is 5.55. The van der Waals surface area contributed by atoms with Gasteiger partial charge in [0.25, 0.3) is 0 Å². The lowest BCUT2D eigenvalue weighted by molar-refractivity contribution is 0.458. The molecule has 0 aliphatic rings. The Balaban J connectivity index is 2.30. The van der Waals surface area contributed by atoms with E-state index < -0.39 is 0 Å². The SMILES string of the molecule is CCc1cc(Oc2nc(NC)ncc2Br)ccc1Cl. The summed E-state index contributed by atoms with van der Waals surface area (Å²) in [5, 5.41) is 3.61. The van der Waals surface area contributed by atoms with E-state index in [0.717, 1.165) is 17.0 Å². The van der Waals surface area contributed by atoms with Crippen LogP contribution in [0, 0.1) is 0 Å². The van der Waals surface area contributed by atoms with Crippen molar-refractivity contribution in [2.45, 2.75) is 13.3 Å². The minimum atomic E-state index is 0.462. The fourth-order valence-corrected chi connectivity index (χ4v) is 2.06. The first-order chi connectivity index (χ1) is 9.13. The molecule has 0 amide bonds. The maximum absolute atomic E-state index is 6.08. The molecule has 0 bridgehead atoms. The van der Waals surface area contributed by atoms with Gasteiger partial charge < -0.3 is 10.1 Å². The Morgan fingerprint density at radius 3 is 2.89 bits per heavy atom. The van der Waals surface area contributed by atoms with E-state index in [4.69, 9.17) is 16.3 Å². The molecule has 100 valence electrons. The van der Waals surface area contributed by atoms with E-state index in [0.29, 0.717) is 22.1 Å². The van der Waals surface area contributed by atoms with Crippen LogP contribution in [0.15, 0.2) is 28.9 Å². The molecule has 1 heterocycles. The van der Waals surface area contributed by atoms with Crippen molar-refractivity contribution >= 4 is 33.5 Å². The molecular formula is C13H13BrClN3O. The fourth-order valence-electron chi connectivity index (χ4n) is 1.54. The van der Waals surface area contributed by atoms with E-state index in [1.165, 1.54) is 0 Å². The molecule has 0 radical (unpaired) electrons. The summed E-state index contributed by atoms with van der Waals surface area (Å²) < 4.78 is 6.45. The number of anilines is 1. The monoisotopic (exact) mass is 341 g/mol. The van der Waals surface area contributed by atoms with Crippen molar-refractivity contribution < 1.29 is 4.74 Å². The summed E-state index contributed by atoms with van der Waals surface area (Å²) in [7, 11) is 1.75. The van der Waals surface area contributed by atoms with Crippen LogP contribution in [0.2, 0.25) is 5.02 Å². The van der Waals surface area contributed by atoms with Gasteiger partial charge in [-0.05, 0) is 46.1 Å². The average molecular weight is 343 g/mol. The van der Waals surface area contributed by atoms with Crippen molar-refractivity contribution in [3.63, 3.8) is 0 Å². The van der Waals surface area contributed by atoms with Crippen LogP contribution in [-0.2, 0) is 6.42 Å². The number of nitrogens with one attached hydrogen (secondary N) is 1. The van der Waals surface area contributed by atoms with Crippen LogP contribution in [0.25, 0.3) is 0 Å². The van der Waals surface area contributed by atoms with Crippen molar-refractivity contribution in [1.82, 2.24) is 9.97 Å². The third-order valence-corrected chi connectivity index (χ3v) is 3.46. The Kier molecular flexibility index (Phi) is 4.61. The molecule has 1 N–H and O–H groups in total. The number of hydrogen-bond donors (Lipinski definition) is 1. The number of aromatic nitrogens is 2. The first-order valence-corrected chi connectivity index (χ1v) is 6.97. The highest BCUT2D eigenvalue weighted by atomic mass is 79.9. The van der Waals surface area contributed by atoms with Gasteiger partial charge >= 0.3 is 0 Å². The number of ether oxygens (including phenoxy) is 1. The summed E-state index contributed by atoms with van der Waals surface area (Å²) in [5.74, 6) is 1.66. The molecule has 0 saturated carbocycles. The van der Waals surface area contributed by atoms with Gasteiger partial charge in [0.05, 0.1) is 10.7 Å². The largest absolute Gasteiger partial charge is 0.438 e.